The summed E-state index contributed by atoms with van der Waals surface area (Å²) in [6.45, 7) is 0. The van der Waals surface area contributed by atoms with Crippen molar-refractivity contribution >= 4 is 11.1 Å². The van der Waals surface area contributed by atoms with Crippen LogP contribution in [0.1, 0.15) is 5.56 Å². The van der Waals surface area contributed by atoms with Gasteiger partial charge in [0.1, 0.15) is 5.52 Å². The van der Waals surface area contributed by atoms with Crippen LogP contribution in [0.2, 0.25) is 0 Å². The maximum absolute atomic E-state index is 9.02. The average Bonchev–Trinajstić information content (AvgIpc) is 3.39. The molecule has 0 bridgehead atoms. The van der Waals surface area contributed by atoms with Gasteiger partial charge in [-0.3, -0.25) is 0 Å². The van der Waals surface area contributed by atoms with Gasteiger partial charge in [-0.2, -0.15) is 5.26 Å². The van der Waals surface area contributed by atoms with Crippen LogP contribution in [0, 0.1) is 11.3 Å². The standard InChI is InChI=1S/C32H20N2O/c33-21-22-9-11-24(12-10-22)26-13-17-27(18-14-26)29-7-4-8-30-31(29)34-32(35-30)28-19-15-25(16-20-28)23-5-2-1-3-6-23/h1-20H. The number of nitriles is 1. The second-order valence-corrected chi connectivity index (χ2v) is 8.38. The number of hydrogen-bond donors (Lipinski definition) is 0. The third kappa shape index (κ3) is 3.99. The van der Waals surface area contributed by atoms with E-state index in [1.165, 1.54) is 5.56 Å². The monoisotopic (exact) mass is 448 g/mol. The first kappa shape index (κ1) is 20.7. The van der Waals surface area contributed by atoms with Gasteiger partial charge in [-0.1, -0.05) is 91.0 Å². The van der Waals surface area contributed by atoms with Crippen molar-refractivity contribution in [1.29, 1.82) is 5.26 Å². The fourth-order valence-corrected chi connectivity index (χ4v) is 4.32. The number of aromatic nitrogens is 1. The van der Waals surface area contributed by atoms with Gasteiger partial charge in [0, 0.05) is 11.1 Å². The smallest absolute Gasteiger partial charge is 0.227 e. The molecule has 0 aliphatic heterocycles. The number of oxazole rings is 1. The summed E-state index contributed by atoms with van der Waals surface area (Å²) < 4.78 is 6.14. The molecule has 0 fully saturated rings. The van der Waals surface area contributed by atoms with E-state index >= 15 is 0 Å². The molecule has 0 aliphatic rings. The maximum atomic E-state index is 9.02. The Bertz CT molecular complexity index is 1660. The Morgan fingerprint density at radius 2 is 1.06 bits per heavy atom. The van der Waals surface area contributed by atoms with Crippen LogP contribution in [0.25, 0.3) is 55.9 Å². The lowest BCUT2D eigenvalue weighted by atomic mass is 9.99. The van der Waals surface area contributed by atoms with Gasteiger partial charge in [-0.15, -0.1) is 0 Å². The van der Waals surface area contributed by atoms with E-state index in [0.717, 1.165) is 44.5 Å². The van der Waals surface area contributed by atoms with E-state index in [4.69, 9.17) is 14.7 Å². The Labute approximate surface area is 203 Å². The molecule has 3 heteroatoms. The normalized spacial score (nSPS) is 10.8. The molecule has 0 N–H and O–H groups in total. The molecule has 164 valence electrons. The first-order valence-electron chi connectivity index (χ1n) is 11.4. The second kappa shape index (κ2) is 8.78. The molecule has 3 nitrogen and oxygen atoms in total. The maximum Gasteiger partial charge on any atom is 0.227 e. The molecule has 0 saturated heterocycles. The molecule has 0 saturated carbocycles. The highest BCUT2D eigenvalue weighted by Crippen LogP contribution is 2.33. The van der Waals surface area contributed by atoms with Crippen molar-refractivity contribution in [2.24, 2.45) is 0 Å². The molecule has 6 aromatic rings. The lowest BCUT2D eigenvalue weighted by molar-refractivity contribution is 0.620. The van der Waals surface area contributed by atoms with Gasteiger partial charge in [0.15, 0.2) is 5.58 Å². The number of para-hydroxylation sites is 1. The summed E-state index contributed by atoms with van der Waals surface area (Å²) in [7, 11) is 0. The topological polar surface area (TPSA) is 49.8 Å². The van der Waals surface area contributed by atoms with E-state index in [0.29, 0.717) is 11.5 Å². The predicted octanol–water partition coefficient (Wildman–Crippen LogP) is 8.37. The third-order valence-electron chi connectivity index (χ3n) is 6.20. The van der Waals surface area contributed by atoms with Crippen molar-refractivity contribution < 1.29 is 4.42 Å². The van der Waals surface area contributed by atoms with Gasteiger partial charge in [0.25, 0.3) is 0 Å². The van der Waals surface area contributed by atoms with E-state index in [1.54, 1.807) is 0 Å². The minimum atomic E-state index is 0.612. The van der Waals surface area contributed by atoms with E-state index in [1.807, 2.05) is 54.6 Å². The predicted molar refractivity (Wildman–Crippen MR) is 140 cm³/mol. The molecule has 0 unspecified atom stereocenters. The highest BCUT2D eigenvalue weighted by Gasteiger charge is 2.13. The number of nitrogens with zero attached hydrogens (tertiary/aromatic N) is 2. The van der Waals surface area contributed by atoms with Crippen molar-refractivity contribution in [2.75, 3.05) is 0 Å². The van der Waals surface area contributed by atoms with Crippen molar-refractivity contribution in [3.05, 3.63) is 127 Å². The van der Waals surface area contributed by atoms with Crippen LogP contribution in [0.5, 0.6) is 0 Å². The van der Waals surface area contributed by atoms with Crippen molar-refractivity contribution in [3.8, 4) is 50.9 Å². The average molecular weight is 449 g/mol. The van der Waals surface area contributed by atoms with Crippen LogP contribution in [0.15, 0.2) is 126 Å². The molecule has 0 amide bonds. The number of fused-ring (bicyclic) bond motifs is 1. The minimum absolute atomic E-state index is 0.612. The minimum Gasteiger partial charge on any atom is -0.436 e. The van der Waals surface area contributed by atoms with Gasteiger partial charge < -0.3 is 4.42 Å². The fourth-order valence-electron chi connectivity index (χ4n) is 4.32. The zero-order valence-electron chi connectivity index (χ0n) is 18.8. The molecule has 0 spiro atoms. The van der Waals surface area contributed by atoms with Crippen LogP contribution in [-0.2, 0) is 0 Å². The van der Waals surface area contributed by atoms with Gasteiger partial charge >= 0.3 is 0 Å². The summed E-state index contributed by atoms with van der Waals surface area (Å²) >= 11 is 0. The van der Waals surface area contributed by atoms with Crippen LogP contribution in [0.4, 0.5) is 0 Å². The van der Waals surface area contributed by atoms with E-state index in [2.05, 4.69) is 72.8 Å². The lowest BCUT2D eigenvalue weighted by Crippen LogP contribution is -1.83. The lowest BCUT2D eigenvalue weighted by Gasteiger charge is -2.05. The summed E-state index contributed by atoms with van der Waals surface area (Å²) in [5.41, 5.74) is 9.85. The van der Waals surface area contributed by atoms with Crippen molar-refractivity contribution in [1.82, 2.24) is 4.98 Å². The zero-order chi connectivity index (χ0) is 23.6. The van der Waals surface area contributed by atoms with Crippen molar-refractivity contribution in [2.45, 2.75) is 0 Å². The fraction of sp³-hybridized carbons (Fsp3) is 0. The van der Waals surface area contributed by atoms with E-state index in [-0.39, 0.29) is 0 Å². The Morgan fingerprint density at radius 1 is 0.514 bits per heavy atom. The second-order valence-electron chi connectivity index (χ2n) is 8.38. The molecular formula is C32H20N2O. The van der Waals surface area contributed by atoms with Gasteiger partial charge in [0.2, 0.25) is 5.89 Å². The Morgan fingerprint density at radius 3 is 1.69 bits per heavy atom. The number of benzene rings is 5. The quantitative estimate of drug-likeness (QED) is 0.272. The van der Waals surface area contributed by atoms with Crippen LogP contribution < -0.4 is 0 Å². The van der Waals surface area contributed by atoms with Gasteiger partial charge in [-0.05, 0) is 58.1 Å². The molecule has 0 aliphatic carbocycles. The van der Waals surface area contributed by atoms with Crippen LogP contribution >= 0.6 is 0 Å². The molecule has 1 heterocycles. The van der Waals surface area contributed by atoms with Crippen LogP contribution in [-0.4, -0.2) is 4.98 Å². The first-order valence-corrected chi connectivity index (χ1v) is 11.4. The highest BCUT2D eigenvalue weighted by molar-refractivity contribution is 5.92. The molecule has 35 heavy (non-hydrogen) atoms. The van der Waals surface area contributed by atoms with E-state index in [9.17, 15) is 0 Å². The van der Waals surface area contributed by atoms with Crippen molar-refractivity contribution in [3.63, 3.8) is 0 Å². The van der Waals surface area contributed by atoms with Crippen LogP contribution in [0.3, 0.4) is 0 Å². The zero-order valence-corrected chi connectivity index (χ0v) is 18.8. The first-order chi connectivity index (χ1) is 17.3. The Hall–Kier alpha value is -4.94. The van der Waals surface area contributed by atoms with E-state index < -0.39 is 0 Å². The summed E-state index contributed by atoms with van der Waals surface area (Å²) in [6.07, 6.45) is 0. The third-order valence-corrected chi connectivity index (χ3v) is 6.20. The molecular weight excluding hydrogens is 428 g/mol. The molecule has 0 radical (unpaired) electrons. The number of hydrogen-bond acceptors (Lipinski definition) is 3. The summed E-state index contributed by atoms with van der Waals surface area (Å²) in [5.74, 6) is 0.612. The number of rotatable bonds is 4. The highest BCUT2D eigenvalue weighted by atomic mass is 16.3. The molecule has 6 rings (SSSR count). The summed E-state index contributed by atoms with van der Waals surface area (Å²) in [5, 5.41) is 9.02. The molecule has 1 aromatic heterocycles. The Balaban J connectivity index is 1.32. The molecule has 0 atom stereocenters. The summed E-state index contributed by atoms with van der Waals surface area (Å²) in [6, 6.07) is 42.8. The molecule has 5 aromatic carbocycles. The largest absolute Gasteiger partial charge is 0.436 e. The van der Waals surface area contributed by atoms with Gasteiger partial charge in [0.05, 0.1) is 11.6 Å². The SMILES string of the molecule is N#Cc1ccc(-c2ccc(-c3cccc4oc(-c5ccc(-c6ccccc6)cc5)nc34)cc2)cc1. The Kier molecular flexibility index (Phi) is 5.18. The summed E-state index contributed by atoms with van der Waals surface area (Å²) in [4.78, 5) is 4.86. The van der Waals surface area contributed by atoms with Gasteiger partial charge in [-0.25, -0.2) is 4.98 Å².